The second kappa shape index (κ2) is 3.74. The fourth-order valence-corrected chi connectivity index (χ4v) is 0.519. The summed E-state index contributed by atoms with van der Waals surface area (Å²) in [5.74, 6) is -1.80. The van der Waals surface area contributed by atoms with Crippen LogP contribution in [0.2, 0.25) is 0 Å². The van der Waals surface area contributed by atoms with E-state index in [1.807, 2.05) is 0 Å². The van der Waals surface area contributed by atoms with Gasteiger partial charge in [0, 0.05) is 6.08 Å². The normalized spacial score (nSPS) is 13.5. The van der Waals surface area contributed by atoms with Crippen LogP contribution in [0.3, 0.4) is 0 Å². The highest BCUT2D eigenvalue weighted by Gasteiger charge is 2.71. The molecule has 0 aliphatic carbocycles. The third-order valence-electron chi connectivity index (χ3n) is 1.55. The molecule has 0 N–H and O–H groups in total. The van der Waals surface area contributed by atoms with Gasteiger partial charge >= 0.3 is 18.3 Å². The molecule has 88 valence electrons. The lowest BCUT2D eigenvalue weighted by atomic mass is 10.1. The Kier molecular flexibility index (Phi) is 3.44. The first kappa shape index (κ1) is 13.8. The highest BCUT2D eigenvalue weighted by Crippen LogP contribution is 2.45. The van der Waals surface area contributed by atoms with Crippen molar-refractivity contribution in [2.75, 3.05) is 0 Å². The van der Waals surface area contributed by atoms with Crippen LogP contribution in [0, 0.1) is 0 Å². The summed E-state index contributed by atoms with van der Waals surface area (Å²) in [6.07, 6.45) is -11.3. The van der Waals surface area contributed by atoms with Crippen molar-refractivity contribution in [3.63, 3.8) is 0 Å². The molecule has 0 bridgehead atoms. The Balaban J connectivity index is 5.24. The summed E-state index contributed by atoms with van der Waals surface area (Å²) in [7, 11) is 0. The van der Waals surface area contributed by atoms with Crippen molar-refractivity contribution in [2.45, 2.75) is 24.9 Å². The standard InChI is InChI=1S/C7H6F6O2/c1-3-4(14)15-5(2,6(8,9)10)7(11,12)13/h3H,1H2,2H3. The summed E-state index contributed by atoms with van der Waals surface area (Å²) in [4.78, 5) is 10.4. The highest BCUT2D eigenvalue weighted by molar-refractivity contribution is 5.81. The molecule has 0 atom stereocenters. The fraction of sp³-hybridized carbons (Fsp3) is 0.571. The van der Waals surface area contributed by atoms with Crippen molar-refractivity contribution in [1.29, 1.82) is 0 Å². The minimum Gasteiger partial charge on any atom is -0.437 e. The maximum Gasteiger partial charge on any atom is 0.437 e. The average molecular weight is 236 g/mol. The van der Waals surface area contributed by atoms with Crippen LogP contribution in [0.15, 0.2) is 12.7 Å². The largest absolute Gasteiger partial charge is 0.437 e. The van der Waals surface area contributed by atoms with E-state index < -0.39 is 23.9 Å². The molecular weight excluding hydrogens is 230 g/mol. The molecule has 8 heteroatoms. The summed E-state index contributed by atoms with van der Waals surface area (Å²) in [5.41, 5.74) is -4.52. The first-order valence-corrected chi connectivity index (χ1v) is 3.44. The van der Waals surface area contributed by atoms with Crippen molar-refractivity contribution in [3.05, 3.63) is 12.7 Å². The zero-order valence-electron chi connectivity index (χ0n) is 7.37. The van der Waals surface area contributed by atoms with E-state index in [1.54, 1.807) is 0 Å². The zero-order chi connectivity index (χ0) is 12.5. The molecule has 2 nitrogen and oxygen atoms in total. The molecule has 0 amide bonds. The van der Waals surface area contributed by atoms with Gasteiger partial charge in [0.1, 0.15) is 0 Å². The second-order valence-corrected chi connectivity index (χ2v) is 2.65. The van der Waals surface area contributed by atoms with Gasteiger partial charge in [0.25, 0.3) is 5.60 Å². The van der Waals surface area contributed by atoms with E-state index in [0.717, 1.165) is 0 Å². The highest BCUT2D eigenvalue weighted by atomic mass is 19.4. The predicted molar refractivity (Wildman–Crippen MR) is 36.8 cm³/mol. The maximum absolute atomic E-state index is 12.1. The Morgan fingerprint density at radius 1 is 1.13 bits per heavy atom. The number of hydrogen-bond acceptors (Lipinski definition) is 2. The molecule has 0 aliphatic rings. The van der Waals surface area contributed by atoms with Gasteiger partial charge in [0.05, 0.1) is 0 Å². The van der Waals surface area contributed by atoms with Crippen molar-refractivity contribution in [3.8, 4) is 0 Å². The van der Waals surface area contributed by atoms with Gasteiger partial charge in [-0.25, -0.2) is 4.79 Å². The molecule has 0 heterocycles. The van der Waals surface area contributed by atoms with Crippen LogP contribution in [-0.2, 0) is 9.53 Å². The Morgan fingerprint density at radius 3 is 1.67 bits per heavy atom. The average Bonchev–Trinajstić information content (AvgIpc) is 1.99. The number of esters is 1. The van der Waals surface area contributed by atoms with Gasteiger partial charge < -0.3 is 4.74 Å². The molecule has 0 saturated carbocycles. The monoisotopic (exact) mass is 236 g/mol. The lowest BCUT2D eigenvalue weighted by Crippen LogP contribution is -2.57. The Bertz CT molecular complexity index is 250. The van der Waals surface area contributed by atoms with Crippen molar-refractivity contribution in [1.82, 2.24) is 0 Å². The van der Waals surface area contributed by atoms with E-state index in [0.29, 0.717) is 0 Å². The summed E-state index contributed by atoms with van der Waals surface area (Å²) < 4.78 is 75.7. The van der Waals surface area contributed by atoms with E-state index in [9.17, 15) is 31.1 Å². The molecular formula is C7H6F6O2. The minimum absolute atomic E-state index is 0.218. The number of halogens is 6. The Morgan fingerprint density at radius 2 is 1.47 bits per heavy atom. The predicted octanol–water partition coefficient (Wildman–Crippen LogP) is 2.60. The van der Waals surface area contributed by atoms with Gasteiger partial charge in [-0.3, -0.25) is 0 Å². The summed E-state index contributed by atoms with van der Waals surface area (Å²) in [6.45, 7) is 2.43. The third-order valence-corrected chi connectivity index (χ3v) is 1.55. The smallest absolute Gasteiger partial charge is 0.437 e. The van der Waals surface area contributed by atoms with Crippen LogP contribution < -0.4 is 0 Å². The number of carbonyl (C=O) groups excluding carboxylic acids is 1. The van der Waals surface area contributed by atoms with E-state index in [2.05, 4.69) is 11.3 Å². The van der Waals surface area contributed by atoms with Crippen LogP contribution in [0.4, 0.5) is 26.3 Å². The van der Waals surface area contributed by atoms with Crippen LogP contribution in [0.5, 0.6) is 0 Å². The molecule has 0 radical (unpaired) electrons. The minimum atomic E-state index is -5.75. The van der Waals surface area contributed by atoms with Gasteiger partial charge in [0.15, 0.2) is 0 Å². The number of hydrogen-bond donors (Lipinski definition) is 0. The zero-order valence-corrected chi connectivity index (χ0v) is 7.37. The lowest BCUT2D eigenvalue weighted by molar-refractivity contribution is -0.361. The number of ether oxygens (including phenoxy) is 1. The first-order valence-electron chi connectivity index (χ1n) is 3.44. The van der Waals surface area contributed by atoms with E-state index in [4.69, 9.17) is 0 Å². The molecule has 0 saturated heterocycles. The maximum atomic E-state index is 12.1. The quantitative estimate of drug-likeness (QED) is 0.418. The Hall–Kier alpha value is -1.21. The molecule has 0 rings (SSSR count). The molecule has 0 aliphatic heterocycles. The van der Waals surface area contributed by atoms with Crippen molar-refractivity contribution < 1.29 is 35.9 Å². The van der Waals surface area contributed by atoms with Crippen LogP contribution in [-0.4, -0.2) is 23.9 Å². The summed E-state index contributed by atoms with van der Waals surface area (Å²) >= 11 is 0. The van der Waals surface area contributed by atoms with Gasteiger partial charge in [-0.15, -0.1) is 0 Å². The Labute approximate surface area is 80.5 Å². The third kappa shape index (κ3) is 2.63. The van der Waals surface area contributed by atoms with E-state index in [1.165, 1.54) is 0 Å². The summed E-state index contributed by atoms with van der Waals surface area (Å²) in [5, 5.41) is 0. The van der Waals surface area contributed by atoms with Crippen LogP contribution >= 0.6 is 0 Å². The number of alkyl halides is 6. The molecule has 0 spiro atoms. The number of rotatable bonds is 2. The molecule has 0 unspecified atom stereocenters. The SMILES string of the molecule is C=CC(=O)OC(C)(C(F)(F)F)C(F)(F)F. The second-order valence-electron chi connectivity index (χ2n) is 2.65. The molecule has 0 aromatic rings. The van der Waals surface area contributed by atoms with Gasteiger partial charge in [0.2, 0.25) is 0 Å². The molecule has 0 fully saturated rings. The van der Waals surface area contributed by atoms with Crippen LogP contribution in [0.25, 0.3) is 0 Å². The number of carbonyl (C=O) groups is 1. The van der Waals surface area contributed by atoms with Gasteiger partial charge in [-0.05, 0) is 6.92 Å². The topological polar surface area (TPSA) is 26.3 Å². The lowest BCUT2D eigenvalue weighted by Gasteiger charge is -2.32. The van der Waals surface area contributed by atoms with Crippen molar-refractivity contribution >= 4 is 5.97 Å². The van der Waals surface area contributed by atoms with E-state index in [-0.39, 0.29) is 13.0 Å². The summed E-state index contributed by atoms with van der Waals surface area (Å²) in [6, 6.07) is 0. The van der Waals surface area contributed by atoms with Crippen LogP contribution in [0.1, 0.15) is 6.92 Å². The van der Waals surface area contributed by atoms with Gasteiger partial charge in [-0.2, -0.15) is 26.3 Å². The van der Waals surface area contributed by atoms with Crippen molar-refractivity contribution in [2.24, 2.45) is 0 Å². The fourth-order valence-electron chi connectivity index (χ4n) is 0.519. The molecule has 0 aromatic heterocycles. The first-order chi connectivity index (χ1) is 6.45. The van der Waals surface area contributed by atoms with E-state index >= 15 is 0 Å². The molecule has 15 heavy (non-hydrogen) atoms. The molecule has 0 aromatic carbocycles. The van der Waals surface area contributed by atoms with Gasteiger partial charge in [-0.1, -0.05) is 6.58 Å².